The number of nitrogens with zero attached hydrogens (tertiary/aromatic N) is 1. The predicted octanol–water partition coefficient (Wildman–Crippen LogP) is 1.34. The predicted molar refractivity (Wildman–Crippen MR) is 48.2 cm³/mol. The number of carbonyl (C=O) groups is 1. The Hall–Kier alpha value is -0.0800. The fourth-order valence-electron chi connectivity index (χ4n) is 1.43. The van der Waals surface area contributed by atoms with Gasteiger partial charge in [-0.05, 0) is 20.0 Å². The number of ketones is 1. The zero-order chi connectivity index (χ0) is 7.56. The van der Waals surface area contributed by atoms with Crippen LogP contribution in [0.2, 0.25) is 0 Å². The molecule has 1 rings (SSSR count). The van der Waals surface area contributed by atoms with Crippen LogP contribution in [0.4, 0.5) is 0 Å². The molecule has 1 fully saturated rings. The lowest BCUT2D eigenvalue weighted by molar-refractivity contribution is -0.122. The minimum absolute atomic E-state index is 0. The van der Waals surface area contributed by atoms with Crippen LogP contribution in [0.25, 0.3) is 0 Å². The monoisotopic (exact) mass is 177 g/mol. The van der Waals surface area contributed by atoms with Crippen molar-refractivity contribution in [3.63, 3.8) is 0 Å². The van der Waals surface area contributed by atoms with Crippen LogP contribution < -0.4 is 0 Å². The molecule has 0 radical (unpaired) electrons. The molecule has 1 atom stereocenters. The van der Waals surface area contributed by atoms with Crippen LogP contribution in [0.15, 0.2) is 0 Å². The second-order valence-corrected chi connectivity index (χ2v) is 3.23. The number of rotatable bonds is 0. The Morgan fingerprint density at radius 2 is 2.18 bits per heavy atom. The Bertz CT molecular complexity index is 138. The van der Waals surface area contributed by atoms with Crippen molar-refractivity contribution in [3.8, 4) is 0 Å². The Morgan fingerprint density at radius 1 is 1.55 bits per heavy atom. The molecule has 66 valence electrons. The van der Waals surface area contributed by atoms with Crippen LogP contribution in [0, 0.1) is 5.92 Å². The Labute approximate surface area is 74.4 Å². The van der Waals surface area contributed by atoms with Gasteiger partial charge in [-0.1, -0.05) is 6.92 Å². The van der Waals surface area contributed by atoms with E-state index >= 15 is 0 Å². The summed E-state index contributed by atoms with van der Waals surface area (Å²) in [5, 5.41) is 0. The molecule has 11 heavy (non-hydrogen) atoms. The summed E-state index contributed by atoms with van der Waals surface area (Å²) in [5.74, 6) is 0.692. The van der Waals surface area contributed by atoms with Crippen molar-refractivity contribution < 1.29 is 4.79 Å². The third-order valence-corrected chi connectivity index (χ3v) is 2.10. The van der Waals surface area contributed by atoms with E-state index in [1.807, 2.05) is 6.92 Å². The summed E-state index contributed by atoms with van der Waals surface area (Å²) in [5.41, 5.74) is 0. The summed E-state index contributed by atoms with van der Waals surface area (Å²) >= 11 is 0. The van der Waals surface area contributed by atoms with E-state index in [1.54, 1.807) is 0 Å². The van der Waals surface area contributed by atoms with Crippen molar-refractivity contribution in [3.05, 3.63) is 0 Å². The van der Waals surface area contributed by atoms with Crippen LogP contribution in [0.3, 0.4) is 0 Å². The molecule has 0 bridgehead atoms. The first-order valence-corrected chi connectivity index (χ1v) is 3.91. The first kappa shape index (κ1) is 10.9. The molecule has 1 saturated heterocycles. The zero-order valence-electron chi connectivity index (χ0n) is 7.17. The largest absolute Gasteiger partial charge is 0.306 e. The molecule has 1 aliphatic rings. The van der Waals surface area contributed by atoms with Crippen LogP contribution >= 0.6 is 12.4 Å². The lowest BCUT2D eigenvalue weighted by Gasteiger charge is -2.14. The molecule has 1 aliphatic heterocycles. The average Bonchev–Trinajstić information content (AvgIpc) is 1.96. The van der Waals surface area contributed by atoms with Gasteiger partial charge in [0, 0.05) is 18.9 Å². The Kier molecular flexibility index (Phi) is 4.69. The highest BCUT2D eigenvalue weighted by Gasteiger charge is 2.18. The van der Waals surface area contributed by atoms with E-state index in [-0.39, 0.29) is 18.3 Å². The number of Topliss-reactive ketones (excluding diaryl/α,β-unsaturated/α-hetero) is 1. The van der Waals surface area contributed by atoms with Gasteiger partial charge in [0.25, 0.3) is 0 Å². The van der Waals surface area contributed by atoms with Crippen molar-refractivity contribution in [2.45, 2.75) is 19.8 Å². The maximum absolute atomic E-state index is 11.1. The lowest BCUT2D eigenvalue weighted by atomic mass is 10.0. The fourth-order valence-corrected chi connectivity index (χ4v) is 1.43. The van der Waals surface area contributed by atoms with Gasteiger partial charge in [-0.3, -0.25) is 4.79 Å². The molecular weight excluding hydrogens is 162 g/mol. The second kappa shape index (κ2) is 4.73. The average molecular weight is 178 g/mol. The fraction of sp³-hybridized carbons (Fsp3) is 0.875. The van der Waals surface area contributed by atoms with E-state index in [0.717, 1.165) is 25.9 Å². The quantitative estimate of drug-likeness (QED) is 0.557. The Balaban J connectivity index is 0.000001000. The van der Waals surface area contributed by atoms with E-state index in [2.05, 4.69) is 11.9 Å². The van der Waals surface area contributed by atoms with Crippen LogP contribution in [-0.2, 0) is 4.79 Å². The molecule has 0 amide bonds. The summed E-state index contributed by atoms with van der Waals surface area (Å²) < 4.78 is 0. The van der Waals surface area contributed by atoms with Crippen molar-refractivity contribution >= 4 is 18.2 Å². The van der Waals surface area contributed by atoms with Crippen molar-refractivity contribution in [2.24, 2.45) is 5.92 Å². The third kappa shape index (κ3) is 3.21. The summed E-state index contributed by atoms with van der Waals surface area (Å²) in [7, 11) is 2.08. The van der Waals surface area contributed by atoms with Gasteiger partial charge < -0.3 is 4.90 Å². The van der Waals surface area contributed by atoms with Crippen LogP contribution in [0.1, 0.15) is 19.8 Å². The first-order chi connectivity index (χ1) is 4.70. The van der Waals surface area contributed by atoms with E-state index in [4.69, 9.17) is 0 Å². The smallest absolute Gasteiger partial charge is 0.137 e. The van der Waals surface area contributed by atoms with Crippen LogP contribution in [-0.4, -0.2) is 30.8 Å². The number of hydrogen-bond donors (Lipinski definition) is 0. The number of hydrogen-bond acceptors (Lipinski definition) is 2. The van der Waals surface area contributed by atoms with Gasteiger partial charge in [-0.25, -0.2) is 0 Å². The van der Waals surface area contributed by atoms with E-state index in [0.29, 0.717) is 5.78 Å². The summed E-state index contributed by atoms with van der Waals surface area (Å²) in [6.07, 6.45) is 1.82. The number of carbonyl (C=O) groups excluding carboxylic acids is 1. The van der Waals surface area contributed by atoms with Gasteiger partial charge in [0.15, 0.2) is 0 Å². The summed E-state index contributed by atoms with van der Waals surface area (Å²) in [4.78, 5) is 13.4. The topological polar surface area (TPSA) is 20.3 Å². The summed E-state index contributed by atoms with van der Waals surface area (Å²) in [6, 6.07) is 0. The van der Waals surface area contributed by atoms with Crippen molar-refractivity contribution in [2.75, 3.05) is 20.1 Å². The minimum Gasteiger partial charge on any atom is -0.306 e. The van der Waals surface area contributed by atoms with Crippen molar-refractivity contribution in [1.82, 2.24) is 4.90 Å². The maximum Gasteiger partial charge on any atom is 0.137 e. The number of likely N-dealkylation sites (tertiary alicyclic amines) is 1. The summed E-state index contributed by atoms with van der Waals surface area (Å²) in [6.45, 7) is 4.04. The van der Waals surface area contributed by atoms with Gasteiger partial charge in [0.1, 0.15) is 5.78 Å². The van der Waals surface area contributed by atoms with E-state index < -0.39 is 0 Å². The van der Waals surface area contributed by atoms with Gasteiger partial charge in [-0.15, -0.1) is 12.4 Å². The molecule has 0 aliphatic carbocycles. The number of halogens is 1. The first-order valence-electron chi connectivity index (χ1n) is 3.91. The van der Waals surface area contributed by atoms with Gasteiger partial charge >= 0.3 is 0 Å². The minimum atomic E-state index is 0. The molecular formula is C8H16ClNO. The highest BCUT2D eigenvalue weighted by Crippen LogP contribution is 2.10. The molecule has 0 N–H and O–H groups in total. The van der Waals surface area contributed by atoms with Crippen molar-refractivity contribution in [1.29, 1.82) is 0 Å². The van der Waals surface area contributed by atoms with Gasteiger partial charge in [0.05, 0.1) is 0 Å². The molecule has 0 saturated carbocycles. The van der Waals surface area contributed by atoms with E-state index in [1.165, 1.54) is 0 Å². The van der Waals surface area contributed by atoms with E-state index in [9.17, 15) is 4.79 Å². The molecule has 1 unspecified atom stereocenters. The molecule has 2 nitrogen and oxygen atoms in total. The van der Waals surface area contributed by atoms with Gasteiger partial charge in [0.2, 0.25) is 0 Å². The molecule has 0 aromatic heterocycles. The molecule has 0 aromatic carbocycles. The third-order valence-electron chi connectivity index (χ3n) is 2.10. The molecule has 1 heterocycles. The maximum atomic E-state index is 11.1. The SMILES string of the molecule is CC1CN(C)CCCC1=O.Cl. The normalized spacial score (nSPS) is 27.5. The standard InChI is InChI=1S/C8H15NO.ClH/c1-7-6-9(2)5-3-4-8(7)10;/h7H,3-6H2,1-2H3;1H. The lowest BCUT2D eigenvalue weighted by Crippen LogP contribution is -2.24. The second-order valence-electron chi connectivity index (χ2n) is 3.23. The Morgan fingerprint density at radius 3 is 2.82 bits per heavy atom. The highest BCUT2D eigenvalue weighted by molar-refractivity contribution is 5.85. The van der Waals surface area contributed by atoms with Gasteiger partial charge in [-0.2, -0.15) is 0 Å². The molecule has 0 spiro atoms. The van der Waals surface area contributed by atoms with Crippen LogP contribution in [0.5, 0.6) is 0 Å². The molecule has 3 heteroatoms. The highest BCUT2D eigenvalue weighted by atomic mass is 35.5. The molecule has 0 aromatic rings. The zero-order valence-corrected chi connectivity index (χ0v) is 7.99.